The summed E-state index contributed by atoms with van der Waals surface area (Å²) in [5.74, 6) is 0. The average Bonchev–Trinajstić information content (AvgIpc) is 1.65. The molecule has 0 aliphatic heterocycles. The summed E-state index contributed by atoms with van der Waals surface area (Å²) in [6.45, 7) is 9.02. The van der Waals surface area contributed by atoms with Gasteiger partial charge in [-0.25, -0.2) is 0 Å². The Hall–Kier alpha value is -0.0431. The minimum absolute atomic E-state index is 0.404. The van der Waals surface area contributed by atoms with Crippen LogP contribution in [0, 0.1) is 0 Å². The van der Waals surface area contributed by atoms with Gasteiger partial charge in [0, 0.05) is 0 Å². The Morgan fingerprint density at radius 2 is 1.86 bits per heavy atom. The van der Waals surface area contributed by atoms with E-state index in [1.807, 2.05) is 0 Å². The summed E-state index contributed by atoms with van der Waals surface area (Å²) in [6.07, 6.45) is 2.22. The predicted octanol–water partition coefficient (Wildman–Crippen LogP) is 1.98. The SMILES string of the molecule is CC=C(C)[SiH](C)C. The van der Waals surface area contributed by atoms with Gasteiger partial charge in [-0.2, -0.15) is 0 Å². The third-order valence-corrected chi connectivity index (χ3v) is 3.52. The summed E-state index contributed by atoms with van der Waals surface area (Å²) < 4.78 is 0. The fraction of sp³-hybridized carbons (Fsp3) is 0.667. The lowest BCUT2D eigenvalue weighted by atomic mass is 10.6. The normalized spacial score (nSPS) is 13.0. The third-order valence-electron chi connectivity index (χ3n) is 1.37. The first-order chi connectivity index (χ1) is 3.18. The van der Waals surface area contributed by atoms with E-state index in [9.17, 15) is 0 Å². The van der Waals surface area contributed by atoms with Gasteiger partial charge in [0.1, 0.15) is 0 Å². The first kappa shape index (κ1) is 6.96. The van der Waals surface area contributed by atoms with E-state index in [0.29, 0.717) is 0 Å². The molecule has 0 heterocycles. The van der Waals surface area contributed by atoms with Crippen LogP contribution in [0.4, 0.5) is 0 Å². The molecule has 0 aliphatic carbocycles. The molecule has 0 saturated heterocycles. The molecule has 0 amide bonds. The second-order valence-electron chi connectivity index (χ2n) is 2.19. The molecule has 1 heteroatoms. The molecule has 0 N–H and O–H groups in total. The van der Waals surface area contributed by atoms with E-state index in [1.54, 1.807) is 5.20 Å². The van der Waals surface area contributed by atoms with Gasteiger partial charge in [-0.3, -0.25) is 0 Å². The highest BCUT2D eigenvalue weighted by Crippen LogP contribution is 1.96. The van der Waals surface area contributed by atoms with Crippen LogP contribution >= 0.6 is 0 Å². The molecule has 0 spiro atoms. The summed E-state index contributed by atoms with van der Waals surface area (Å²) >= 11 is 0. The molecule has 0 fully saturated rings. The van der Waals surface area contributed by atoms with Gasteiger partial charge in [0.05, 0.1) is 8.80 Å². The quantitative estimate of drug-likeness (QED) is 0.457. The molecule has 0 aromatic heterocycles. The summed E-state index contributed by atoms with van der Waals surface area (Å²) in [6, 6.07) is 0. The van der Waals surface area contributed by atoms with Crippen LogP contribution in [0.1, 0.15) is 13.8 Å². The van der Waals surface area contributed by atoms with Gasteiger partial charge in [-0.1, -0.05) is 24.4 Å². The van der Waals surface area contributed by atoms with Crippen LogP contribution in [-0.4, -0.2) is 8.80 Å². The van der Waals surface area contributed by atoms with Gasteiger partial charge in [0.2, 0.25) is 0 Å². The smallest absolute Gasteiger partial charge is 0.0587 e. The van der Waals surface area contributed by atoms with Gasteiger partial charge in [-0.05, 0) is 13.8 Å². The van der Waals surface area contributed by atoms with E-state index in [2.05, 4.69) is 33.0 Å². The monoisotopic (exact) mass is 114 g/mol. The van der Waals surface area contributed by atoms with Gasteiger partial charge in [-0.15, -0.1) is 0 Å². The minimum atomic E-state index is -0.404. The fourth-order valence-electron chi connectivity index (χ4n) is 0.333. The van der Waals surface area contributed by atoms with Gasteiger partial charge in [0.25, 0.3) is 0 Å². The van der Waals surface area contributed by atoms with Crippen molar-refractivity contribution in [1.29, 1.82) is 0 Å². The summed E-state index contributed by atoms with van der Waals surface area (Å²) in [7, 11) is -0.404. The molecule has 7 heavy (non-hydrogen) atoms. The molecule has 42 valence electrons. The number of rotatable bonds is 1. The topological polar surface area (TPSA) is 0 Å². The highest BCUT2D eigenvalue weighted by molar-refractivity contribution is 6.63. The predicted molar refractivity (Wildman–Crippen MR) is 38.3 cm³/mol. The first-order valence-corrected chi connectivity index (χ1v) is 5.70. The first-order valence-electron chi connectivity index (χ1n) is 2.81. The van der Waals surface area contributed by atoms with Crippen LogP contribution in [0.3, 0.4) is 0 Å². The second-order valence-corrected chi connectivity index (χ2v) is 5.41. The second kappa shape index (κ2) is 3.02. The van der Waals surface area contributed by atoms with Crippen LogP contribution in [0.2, 0.25) is 13.1 Å². The molecular weight excluding hydrogens is 100 g/mol. The van der Waals surface area contributed by atoms with Crippen molar-refractivity contribution in [2.24, 2.45) is 0 Å². The Bertz CT molecular complexity index is 72.2. The maximum atomic E-state index is 2.34. The zero-order valence-electron chi connectivity index (χ0n) is 5.65. The molecule has 0 bridgehead atoms. The zero-order valence-corrected chi connectivity index (χ0v) is 6.81. The summed E-state index contributed by atoms with van der Waals surface area (Å²) in [5.41, 5.74) is 0. The van der Waals surface area contributed by atoms with Crippen LogP contribution in [0.5, 0.6) is 0 Å². The van der Waals surface area contributed by atoms with E-state index in [0.717, 1.165) is 0 Å². The van der Waals surface area contributed by atoms with Crippen molar-refractivity contribution < 1.29 is 0 Å². The lowest BCUT2D eigenvalue weighted by molar-refractivity contribution is 1.54. The van der Waals surface area contributed by atoms with E-state index in [-0.39, 0.29) is 0 Å². The van der Waals surface area contributed by atoms with Crippen LogP contribution in [0.15, 0.2) is 11.3 Å². The Morgan fingerprint density at radius 1 is 1.43 bits per heavy atom. The van der Waals surface area contributed by atoms with E-state index in [4.69, 9.17) is 0 Å². The number of allylic oxidation sites excluding steroid dienone is 2. The highest BCUT2D eigenvalue weighted by atomic mass is 28.3. The van der Waals surface area contributed by atoms with Crippen molar-refractivity contribution >= 4 is 8.80 Å². The van der Waals surface area contributed by atoms with E-state index < -0.39 is 8.80 Å². The molecule has 0 rings (SSSR count). The van der Waals surface area contributed by atoms with Gasteiger partial charge in [0.15, 0.2) is 0 Å². The average molecular weight is 114 g/mol. The standard InChI is InChI=1S/C6H14Si/c1-5-6(2)7(3)4/h5,7H,1-4H3. The molecule has 0 saturated carbocycles. The van der Waals surface area contributed by atoms with Gasteiger partial charge >= 0.3 is 0 Å². The molecule has 0 radical (unpaired) electrons. The van der Waals surface area contributed by atoms with E-state index in [1.165, 1.54) is 0 Å². The van der Waals surface area contributed by atoms with Crippen molar-refractivity contribution in [3.05, 3.63) is 11.3 Å². The third kappa shape index (κ3) is 2.63. The number of hydrogen-bond acceptors (Lipinski definition) is 0. The zero-order chi connectivity index (χ0) is 5.86. The lowest BCUT2D eigenvalue weighted by Crippen LogP contribution is -2.00. The summed E-state index contributed by atoms with van der Waals surface area (Å²) in [5, 5.41) is 1.61. The van der Waals surface area contributed by atoms with Crippen molar-refractivity contribution in [2.45, 2.75) is 26.9 Å². The van der Waals surface area contributed by atoms with Crippen LogP contribution in [-0.2, 0) is 0 Å². The Labute approximate surface area is 47.9 Å². The molecule has 0 unspecified atom stereocenters. The Kier molecular flexibility index (Phi) is 3.01. The molecule has 0 aliphatic rings. The molecular formula is C6H14Si. The van der Waals surface area contributed by atoms with Gasteiger partial charge < -0.3 is 0 Å². The fourth-order valence-corrected chi connectivity index (χ4v) is 1.00. The van der Waals surface area contributed by atoms with Crippen LogP contribution in [0.25, 0.3) is 0 Å². The molecule has 0 nitrogen and oxygen atoms in total. The molecule has 0 aromatic rings. The molecule has 0 aromatic carbocycles. The van der Waals surface area contributed by atoms with Crippen LogP contribution < -0.4 is 0 Å². The largest absolute Gasteiger partial charge is 0.0929 e. The maximum absolute atomic E-state index is 2.34. The van der Waals surface area contributed by atoms with Crippen molar-refractivity contribution in [3.63, 3.8) is 0 Å². The maximum Gasteiger partial charge on any atom is 0.0587 e. The highest BCUT2D eigenvalue weighted by Gasteiger charge is 1.92. The molecule has 0 atom stereocenters. The van der Waals surface area contributed by atoms with Crippen molar-refractivity contribution in [3.8, 4) is 0 Å². The van der Waals surface area contributed by atoms with E-state index >= 15 is 0 Å². The summed E-state index contributed by atoms with van der Waals surface area (Å²) in [4.78, 5) is 0. The minimum Gasteiger partial charge on any atom is -0.0929 e. The number of hydrogen-bond donors (Lipinski definition) is 0. The lowest BCUT2D eigenvalue weighted by Gasteiger charge is -1.98. The van der Waals surface area contributed by atoms with Crippen molar-refractivity contribution in [1.82, 2.24) is 0 Å². The van der Waals surface area contributed by atoms with Crippen molar-refractivity contribution in [2.75, 3.05) is 0 Å². The Balaban J connectivity index is 3.56. The Morgan fingerprint density at radius 3 is 1.86 bits per heavy atom.